The molecule has 0 aliphatic carbocycles. The third-order valence-electron chi connectivity index (χ3n) is 5.23. The predicted molar refractivity (Wildman–Crippen MR) is 126 cm³/mol. The van der Waals surface area contributed by atoms with Crippen LogP contribution in [0.1, 0.15) is 18.5 Å². The van der Waals surface area contributed by atoms with Gasteiger partial charge in [0, 0.05) is 19.2 Å². The highest BCUT2D eigenvalue weighted by Crippen LogP contribution is 2.30. The van der Waals surface area contributed by atoms with Crippen molar-refractivity contribution in [2.24, 2.45) is 0 Å². The molecule has 3 rings (SSSR count). The Bertz CT molecular complexity index is 1160. The second kappa shape index (κ2) is 12.5. The zero-order valence-electron chi connectivity index (χ0n) is 20.0. The van der Waals surface area contributed by atoms with Crippen LogP contribution < -0.4 is 10.1 Å². The molecule has 1 aromatic heterocycles. The molecular weight excluding hydrogens is 454 g/mol. The summed E-state index contributed by atoms with van der Waals surface area (Å²) in [6.45, 7) is 1.61. The number of fused-ring (bicyclic) bond motifs is 1. The van der Waals surface area contributed by atoms with Gasteiger partial charge in [0.05, 0.1) is 25.8 Å². The SMILES string of the molecule is CCOC(=O)CN(C(=O)Cn1nnc2ccccc21)[C@@H](C(=O)NCCOC)c1ccccc1OC. The molecule has 2 amide bonds. The molecule has 1 atom stereocenters. The number of para-hydroxylation sites is 2. The zero-order valence-corrected chi connectivity index (χ0v) is 20.0. The third kappa shape index (κ3) is 6.33. The van der Waals surface area contributed by atoms with E-state index in [0.29, 0.717) is 22.3 Å². The summed E-state index contributed by atoms with van der Waals surface area (Å²) in [4.78, 5) is 40.7. The summed E-state index contributed by atoms with van der Waals surface area (Å²) < 4.78 is 17.0. The number of hydrogen-bond acceptors (Lipinski definition) is 8. The average Bonchev–Trinajstić information content (AvgIpc) is 3.27. The molecule has 0 saturated heterocycles. The van der Waals surface area contributed by atoms with Crippen LogP contribution in [0.25, 0.3) is 11.0 Å². The number of nitrogens with one attached hydrogen (secondary N) is 1. The topological polar surface area (TPSA) is 125 Å². The number of ether oxygens (including phenoxy) is 3. The lowest BCUT2D eigenvalue weighted by molar-refractivity contribution is -0.153. The Morgan fingerprint density at radius 2 is 1.83 bits per heavy atom. The Hall–Kier alpha value is -3.99. The van der Waals surface area contributed by atoms with Gasteiger partial charge in [-0.25, -0.2) is 4.68 Å². The Morgan fingerprint density at radius 1 is 1.09 bits per heavy atom. The maximum Gasteiger partial charge on any atom is 0.325 e. The van der Waals surface area contributed by atoms with Crippen LogP contribution in [0.3, 0.4) is 0 Å². The number of hydrogen-bond donors (Lipinski definition) is 1. The van der Waals surface area contributed by atoms with Crippen LogP contribution in [0, 0.1) is 0 Å². The summed E-state index contributed by atoms with van der Waals surface area (Å²) in [6.07, 6.45) is 0. The van der Waals surface area contributed by atoms with E-state index in [-0.39, 0.29) is 26.3 Å². The Labute approximate surface area is 202 Å². The third-order valence-corrected chi connectivity index (χ3v) is 5.23. The standard InChI is InChI=1S/C24H29N5O6/c1-4-35-22(31)16-28(21(30)15-29-19-11-7-6-10-18(19)26-27-29)23(24(32)25-13-14-33-2)17-9-5-8-12-20(17)34-3/h5-12,23H,4,13-16H2,1-3H3,(H,25,32)/t23-/m1/s1. The molecule has 11 heteroatoms. The molecule has 3 aromatic rings. The molecule has 0 bridgehead atoms. The number of aromatic nitrogens is 3. The van der Waals surface area contributed by atoms with Crippen LogP contribution in [0.15, 0.2) is 48.5 Å². The van der Waals surface area contributed by atoms with Gasteiger partial charge < -0.3 is 24.4 Å². The maximum atomic E-state index is 13.6. The first-order chi connectivity index (χ1) is 17.0. The highest BCUT2D eigenvalue weighted by molar-refractivity contribution is 5.91. The molecule has 0 unspecified atom stereocenters. The van der Waals surface area contributed by atoms with Crippen molar-refractivity contribution in [2.75, 3.05) is 40.5 Å². The minimum absolute atomic E-state index is 0.133. The number of carbonyl (C=O) groups is 3. The number of esters is 1. The molecule has 1 N–H and O–H groups in total. The normalized spacial score (nSPS) is 11.6. The lowest BCUT2D eigenvalue weighted by Gasteiger charge is -2.31. The zero-order chi connectivity index (χ0) is 25.2. The minimum atomic E-state index is -1.17. The molecule has 0 spiro atoms. The van der Waals surface area contributed by atoms with E-state index in [9.17, 15) is 14.4 Å². The summed E-state index contributed by atoms with van der Waals surface area (Å²) in [5.74, 6) is -1.26. The number of methoxy groups -OCH3 is 2. The quantitative estimate of drug-likeness (QED) is 0.302. The van der Waals surface area contributed by atoms with Crippen molar-refractivity contribution in [3.05, 3.63) is 54.1 Å². The van der Waals surface area contributed by atoms with Gasteiger partial charge in [0.2, 0.25) is 11.8 Å². The molecule has 0 aliphatic rings. The van der Waals surface area contributed by atoms with Gasteiger partial charge in [0.15, 0.2) is 0 Å². The minimum Gasteiger partial charge on any atom is -0.496 e. The lowest BCUT2D eigenvalue weighted by Crippen LogP contribution is -2.48. The highest BCUT2D eigenvalue weighted by Gasteiger charge is 2.35. The number of carbonyl (C=O) groups excluding carboxylic acids is 3. The summed E-state index contributed by atoms with van der Waals surface area (Å²) >= 11 is 0. The molecule has 0 saturated carbocycles. The number of amides is 2. The van der Waals surface area contributed by atoms with Gasteiger partial charge >= 0.3 is 5.97 Å². The van der Waals surface area contributed by atoms with E-state index < -0.39 is 30.4 Å². The van der Waals surface area contributed by atoms with Crippen molar-refractivity contribution in [3.8, 4) is 5.75 Å². The van der Waals surface area contributed by atoms with E-state index in [1.165, 1.54) is 23.8 Å². The van der Waals surface area contributed by atoms with Crippen LogP contribution in [0.5, 0.6) is 5.75 Å². The Morgan fingerprint density at radius 3 is 2.57 bits per heavy atom. The van der Waals surface area contributed by atoms with E-state index >= 15 is 0 Å². The summed E-state index contributed by atoms with van der Waals surface area (Å²) in [5, 5.41) is 10.9. The monoisotopic (exact) mass is 483 g/mol. The fourth-order valence-corrected chi connectivity index (χ4v) is 3.64. The number of nitrogens with zero attached hydrogens (tertiary/aromatic N) is 4. The van der Waals surface area contributed by atoms with E-state index in [1.54, 1.807) is 43.3 Å². The molecule has 186 valence electrons. The van der Waals surface area contributed by atoms with Crippen LogP contribution in [0.2, 0.25) is 0 Å². The van der Waals surface area contributed by atoms with Crippen LogP contribution in [-0.4, -0.2) is 78.2 Å². The first-order valence-corrected chi connectivity index (χ1v) is 11.1. The van der Waals surface area contributed by atoms with Gasteiger partial charge in [0.1, 0.15) is 30.4 Å². The molecular formula is C24H29N5O6. The van der Waals surface area contributed by atoms with E-state index in [1.807, 2.05) is 12.1 Å². The number of benzene rings is 2. The van der Waals surface area contributed by atoms with Gasteiger partial charge in [-0.1, -0.05) is 35.5 Å². The van der Waals surface area contributed by atoms with Gasteiger partial charge in [-0.2, -0.15) is 0 Å². The second-order valence-corrected chi connectivity index (χ2v) is 7.49. The molecule has 11 nitrogen and oxygen atoms in total. The van der Waals surface area contributed by atoms with Gasteiger partial charge in [-0.3, -0.25) is 14.4 Å². The Kier molecular flexibility index (Phi) is 9.13. The van der Waals surface area contributed by atoms with Crippen LogP contribution >= 0.6 is 0 Å². The fraction of sp³-hybridized carbons (Fsp3) is 0.375. The van der Waals surface area contributed by atoms with Crippen molar-refractivity contribution in [2.45, 2.75) is 19.5 Å². The van der Waals surface area contributed by atoms with E-state index in [0.717, 1.165) is 0 Å². The molecule has 1 heterocycles. The highest BCUT2D eigenvalue weighted by atomic mass is 16.5. The van der Waals surface area contributed by atoms with Gasteiger partial charge in [0.25, 0.3) is 0 Å². The maximum absolute atomic E-state index is 13.6. The van der Waals surface area contributed by atoms with Crippen molar-refractivity contribution >= 4 is 28.8 Å². The van der Waals surface area contributed by atoms with Crippen LogP contribution in [-0.2, 0) is 30.4 Å². The lowest BCUT2D eigenvalue weighted by atomic mass is 10.0. The van der Waals surface area contributed by atoms with Crippen molar-refractivity contribution in [1.29, 1.82) is 0 Å². The van der Waals surface area contributed by atoms with E-state index in [2.05, 4.69) is 15.6 Å². The molecule has 2 aromatic carbocycles. The van der Waals surface area contributed by atoms with Gasteiger partial charge in [-0.15, -0.1) is 5.10 Å². The Balaban J connectivity index is 2.02. The summed E-state index contributed by atoms with van der Waals surface area (Å²) in [6, 6.07) is 12.9. The summed E-state index contributed by atoms with van der Waals surface area (Å²) in [5.41, 5.74) is 1.69. The molecule has 0 aliphatic heterocycles. The van der Waals surface area contributed by atoms with E-state index in [4.69, 9.17) is 14.2 Å². The first-order valence-electron chi connectivity index (χ1n) is 11.1. The second-order valence-electron chi connectivity index (χ2n) is 7.49. The molecule has 0 fully saturated rings. The molecule has 0 radical (unpaired) electrons. The predicted octanol–water partition coefficient (Wildman–Crippen LogP) is 1.34. The van der Waals surface area contributed by atoms with Crippen molar-refractivity contribution in [3.63, 3.8) is 0 Å². The van der Waals surface area contributed by atoms with Crippen molar-refractivity contribution < 1.29 is 28.6 Å². The van der Waals surface area contributed by atoms with Gasteiger partial charge in [-0.05, 0) is 25.1 Å². The fourth-order valence-electron chi connectivity index (χ4n) is 3.64. The summed E-state index contributed by atoms with van der Waals surface area (Å²) in [7, 11) is 2.99. The number of rotatable bonds is 12. The average molecular weight is 484 g/mol. The van der Waals surface area contributed by atoms with Crippen molar-refractivity contribution in [1.82, 2.24) is 25.2 Å². The smallest absolute Gasteiger partial charge is 0.325 e. The largest absolute Gasteiger partial charge is 0.496 e. The van der Waals surface area contributed by atoms with Crippen LogP contribution in [0.4, 0.5) is 0 Å². The first kappa shape index (κ1) is 25.6. The molecule has 35 heavy (non-hydrogen) atoms.